The zero-order chi connectivity index (χ0) is 23.0. The first-order valence-electron chi connectivity index (χ1n) is 9.50. The molecule has 2 N–H and O–H groups in total. The normalized spacial score (nSPS) is 11.4. The molecule has 0 unspecified atom stereocenters. The van der Waals surface area contributed by atoms with Gasteiger partial charge in [0, 0.05) is 15.7 Å². The van der Waals surface area contributed by atoms with E-state index in [0.717, 1.165) is 22.2 Å². The molecular formula is C23H19BrF3N3O2. The van der Waals surface area contributed by atoms with Crippen LogP contribution < -0.4 is 15.5 Å². The van der Waals surface area contributed by atoms with Gasteiger partial charge < -0.3 is 10.1 Å². The number of nitrogens with one attached hydrogen (secondary N) is 2. The van der Waals surface area contributed by atoms with Crippen LogP contribution in [0, 0.1) is 0 Å². The van der Waals surface area contributed by atoms with Crippen molar-refractivity contribution < 1.29 is 22.7 Å². The number of carbonyl (C=O) groups excluding carboxylic acids is 1. The van der Waals surface area contributed by atoms with Crippen LogP contribution in [0.3, 0.4) is 0 Å². The molecule has 3 aromatic rings. The van der Waals surface area contributed by atoms with Crippen LogP contribution in [0.25, 0.3) is 0 Å². The number of benzene rings is 3. The molecule has 3 aromatic carbocycles. The van der Waals surface area contributed by atoms with Gasteiger partial charge in [0.15, 0.2) is 0 Å². The van der Waals surface area contributed by atoms with Crippen LogP contribution in [0.2, 0.25) is 0 Å². The van der Waals surface area contributed by atoms with Crippen molar-refractivity contribution in [3.8, 4) is 5.75 Å². The average molecular weight is 506 g/mol. The minimum absolute atomic E-state index is 0.186. The van der Waals surface area contributed by atoms with Gasteiger partial charge in [-0.15, -0.1) is 0 Å². The van der Waals surface area contributed by atoms with Gasteiger partial charge in [-0.2, -0.15) is 18.3 Å². The van der Waals surface area contributed by atoms with Gasteiger partial charge in [-0.3, -0.25) is 4.79 Å². The Hall–Kier alpha value is -3.33. The van der Waals surface area contributed by atoms with Crippen molar-refractivity contribution in [1.82, 2.24) is 5.43 Å². The zero-order valence-corrected chi connectivity index (χ0v) is 18.3. The number of carbonyl (C=O) groups is 1. The van der Waals surface area contributed by atoms with Crippen molar-refractivity contribution in [3.05, 3.63) is 94.0 Å². The molecule has 32 heavy (non-hydrogen) atoms. The summed E-state index contributed by atoms with van der Waals surface area (Å²) in [5.74, 6) is 0.0856. The first-order valence-corrected chi connectivity index (χ1v) is 10.3. The second kappa shape index (κ2) is 10.8. The van der Waals surface area contributed by atoms with E-state index in [1.807, 2.05) is 36.4 Å². The molecule has 0 saturated heterocycles. The van der Waals surface area contributed by atoms with Gasteiger partial charge in [-0.25, -0.2) is 5.43 Å². The van der Waals surface area contributed by atoms with E-state index < -0.39 is 17.6 Å². The standard InChI is InChI=1S/C23H19BrF3N3O2/c24-19-10-8-16(9-11-19)15-32-21-7-2-1-4-17(21)13-29-30-22(31)14-28-20-6-3-5-18(12-20)23(25,26)27/h1-13,28H,14-15H2,(H,30,31)/b29-13-. The number of halogens is 4. The molecule has 5 nitrogen and oxygen atoms in total. The number of para-hydroxylation sites is 1. The van der Waals surface area contributed by atoms with Crippen molar-refractivity contribution in [2.45, 2.75) is 12.8 Å². The summed E-state index contributed by atoms with van der Waals surface area (Å²) < 4.78 is 45.1. The van der Waals surface area contributed by atoms with E-state index in [-0.39, 0.29) is 12.2 Å². The molecule has 0 heterocycles. The first-order chi connectivity index (χ1) is 15.3. The number of anilines is 1. The Bertz CT molecular complexity index is 1090. The minimum Gasteiger partial charge on any atom is -0.488 e. The number of nitrogens with zero attached hydrogens (tertiary/aromatic N) is 1. The van der Waals surface area contributed by atoms with Gasteiger partial charge in [-0.1, -0.05) is 46.3 Å². The maximum Gasteiger partial charge on any atom is 0.416 e. The van der Waals surface area contributed by atoms with Crippen LogP contribution >= 0.6 is 15.9 Å². The number of hydrogen-bond acceptors (Lipinski definition) is 4. The fourth-order valence-corrected chi connectivity index (χ4v) is 2.93. The lowest BCUT2D eigenvalue weighted by Crippen LogP contribution is -2.26. The Labute approximate surface area is 191 Å². The Morgan fingerprint density at radius 3 is 2.53 bits per heavy atom. The van der Waals surface area contributed by atoms with Crippen molar-refractivity contribution in [2.24, 2.45) is 5.10 Å². The summed E-state index contributed by atoms with van der Waals surface area (Å²) in [5, 5.41) is 6.55. The highest BCUT2D eigenvalue weighted by atomic mass is 79.9. The Morgan fingerprint density at radius 2 is 1.78 bits per heavy atom. The molecule has 0 aromatic heterocycles. The van der Waals surface area contributed by atoms with Gasteiger partial charge in [-0.05, 0) is 48.0 Å². The largest absolute Gasteiger partial charge is 0.488 e. The molecular weight excluding hydrogens is 487 g/mol. The van der Waals surface area contributed by atoms with Crippen molar-refractivity contribution in [1.29, 1.82) is 0 Å². The lowest BCUT2D eigenvalue weighted by molar-refractivity contribution is -0.137. The molecule has 0 bridgehead atoms. The fraction of sp³-hybridized carbons (Fsp3) is 0.130. The molecule has 166 valence electrons. The SMILES string of the molecule is O=C(CNc1cccc(C(F)(F)F)c1)N/N=C\c1ccccc1OCc1ccc(Br)cc1. The summed E-state index contributed by atoms with van der Waals surface area (Å²) in [6.45, 7) is 0.131. The highest BCUT2D eigenvalue weighted by molar-refractivity contribution is 9.10. The van der Waals surface area contributed by atoms with E-state index >= 15 is 0 Å². The third-order valence-electron chi connectivity index (χ3n) is 4.26. The Morgan fingerprint density at radius 1 is 1.03 bits per heavy atom. The van der Waals surface area contributed by atoms with E-state index in [4.69, 9.17) is 4.74 Å². The molecule has 0 aliphatic rings. The maximum absolute atomic E-state index is 12.8. The minimum atomic E-state index is -4.45. The summed E-state index contributed by atoms with van der Waals surface area (Å²) in [5.41, 5.74) is 3.39. The lowest BCUT2D eigenvalue weighted by Gasteiger charge is -2.10. The second-order valence-electron chi connectivity index (χ2n) is 6.68. The van der Waals surface area contributed by atoms with Gasteiger partial charge in [0.1, 0.15) is 12.4 Å². The van der Waals surface area contributed by atoms with Gasteiger partial charge in [0.25, 0.3) is 5.91 Å². The molecule has 0 aliphatic heterocycles. The Kier molecular flexibility index (Phi) is 7.88. The average Bonchev–Trinajstić information content (AvgIpc) is 2.78. The quantitative estimate of drug-likeness (QED) is 0.309. The van der Waals surface area contributed by atoms with Crippen LogP contribution in [0.1, 0.15) is 16.7 Å². The van der Waals surface area contributed by atoms with Gasteiger partial charge in [0.2, 0.25) is 0 Å². The highest BCUT2D eigenvalue weighted by Gasteiger charge is 2.30. The van der Waals surface area contributed by atoms with Gasteiger partial charge >= 0.3 is 6.18 Å². The summed E-state index contributed by atoms with van der Waals surface area (Å²) in [6.07, 6.45) is -3.00. The van der Waals surface area contributed by atoms with Crippen molar-refractivity contribution in [3.63, 3.8) is 0 Å². The van der Waals surface area contributed by atoms with E-state index in [1.165, 1.54) is 18.3 Å². The highest BCUT2D eigenvalue weighted by Crippen LogP contribution is 2.30. The summed E-state index contributed by atoms with van der Waals surface area (Å²) in [7, 11) is 0. The van der Waals surface area contributed by atoms with Crippen LogP contribution in [0.5, 0.6) is 5.75 Å². The molecule has 0 saturated carbocycles. The number of amides is 1. The predicted octanol–water partition coefficient (Wildman–Crippen LogP) is 5.61. The lowest BCUT2D eigenvalue weighted by atomic mass is 10.2. The van der Waals surface area contributed by atoms with Crippen LogP contribution in [0.15, 0.2) is 82.4 Å². The molecule has 0 spiro atoms. The molecule has 0 radical (unpaired) electrons. The van der Waals surface area contributed by atoms with Crippen LogP contribution in [0.4, 0.5) is 18.9 Å². The molecule has 0 aliphatic carbocycles. The number of rotatable bonds is 8. The van der Waals surface area contributed by atoms with E-state index in [9.17, 15) is 18.0 Å². The van der Waals surface area contributed by atoms with Gasteiger partial charge in [0.05, 0.1) is 18.3 Å². The predicted molar refractivity (Wildman–Crippen MR) is 121 cm³/mol. The third-order valence-corrected chi connectivity index (χ3v) is 4.79. The summed E-state index contributed by atoms with van der Waals surface area (Å²) in [4.78, 5) is 12.0. The maximum atomic E-state index is 12.8. The monoisotopic (exact) mass is 505 g/mol. The number of alkyl halides is 3. The second-order valence-corrected chi connectivity index (χ2v) is 7.59. The number of hydrazone groups is 1. The van der Waals surface area contributed by atoms with Crippen LogP contribution in [-0.4, -0.2) is 18.7 Å². The zero-order valence-electron chi connectivity index (χ0n) is 16.7. The summed E-state index contributed by atoms with van der Waals surface area (Å²) >= 11 is 3.39. The molecule has 9 heteroatoms. The molecule has 1 amide bonds. The van der Waals surface area contributed by atoms with E-state index in [1.54, 1.807) is 12.1 Å². The van der Waals surface area contributed by atoms with E-state index in [0.29, 0.717) is 17.9 Å². The fourth-order valence-electron chi connectivity index (χ4n) is 2.66. The van der Waals surface area contributed by atoms with E-state index in [2.05, 4.69) is 31.8 Å². The van der Waals surface area contributed by atoms with Crippen molar-refractivity contribution >= 4 is 33.7 Å². The van der Waals surface area contributed by atoms with Crippen LogP contribution in [-0.2, 0) is 17.6 Å². The molecule has 3 rings (SSSR count). The number of ether oxygens (including phenoxy) is 1. The molecule has 0 atom stereocenters. The topological polar surface area (TPSA) is 62.7 Å². The summed E-state index contributed by atoms with van der Waals surface area (Å²) in [6, 6.07) is 19.6. The first kappa shape index (κ1) is 23.3. The number of hydrogen-bond donors (Lipinski definition) is 2. The third kappa shape index (κ3) is 7.12. The Balaban J connectivity index is 1.52. The molecule has 0 fully saturated rings. The van der Waals surface area contributed by atoms with Crippen molar-refractivity contribution in [2.75, 3.05) is 11.9 Å². The smallest absolute Gasteiger partial charge is 0.416 e.